The Labute approximate surface area is 141 Å². The molecule has 0 fully saturated rings. The van der Waals surface area contributed by atoms with E-state index in [0.717, 1.165) is 18.5 Å². The Morgan fingerprint density at radius 2 is 2.22 bits per heavy atom. The molecule has 1 heterocycles. The van der Waals surface area contributed by atoms with Crippen LogP contribution >= 0.6 is 11.6 Å². The predicted octanol–water partition coefficient (Wildman–Crippen LogP) is 3.05. The van der Waals surface area contributed by atoms with Crippen molar-refractivity contribution in [1.29, 1.82) is 0 Å². The molecule has 0 radical (unpaired) electrons. The second-order valence-corrected chi connectivity index (χ2v) is 5.94. The van der Waals surface area contributed by atoms with Crippen LogP contribution in [0.5, 0.6) is 0 Å². The summed E-state index contributed by atoms with van der Waals surface area (Å²) in [5.41, 5.74) is 1.17. The summed E-state index contributed by atoms with van der Waals surface area (Å²) >= 11 is 5.97. The van der Waals surface area contributed by atoms with E-state index in [4.69, 9.17) is 16.7 Å². The number of halogens is 1. The number of nitrogens with one attached hydrogen (secondary N) is 1. The topological polar surface area (TPSA) is 67.2 Å². The minimum Gasteiger partial charge on any atom is -0.396 e. The van der Waals surface area contributed by atoms with Crippen molar-refractivity contribution in [3.63, 3.8) is 0 Å². The second kappa shape index (κ2) is 8.70. The van der Waals surface area contributed by atoms with Crippen molar-refractivity contribution in [2.75, 3.05) is 13.2 Å². The summed E-state index contributed by atoms with van der Waals surface area (Å²) in [5.74, 6) is 0.0915. The molecule has 0 aliphatic rings. The van der Waals surface area contributed by atoms with Gasteiger partial charge in [-0.3, -0.25) is 4.79 Å². The molecule has 0 aliphatic carbocycles. The van der Waals surface area contributed by atoms with Gasteiger partial charge in [0.15, 0.2) is 5.69 Å². The maximum Gasteiger partial charge on any atom is 0.271 e. The number of rotatable bonds is 8. The van der Waals surface area contributed by atoms with E-state index >= 15 is 0 Å². The molecule has 23 heavy (non-hydrogen) atoms. The minimum absolute atomic E-state index is 0.143. The molecule has 1 atom stereocenters. The van der Waals surface area contributed by atoms with Crippen LogP contribution in [0.1, 0.15) is 36.7 Å². The van der Waals surface area contributed by atoms with Crippen LogP contribution in [-0.4, -0.2) is 33.9 Å². The highest BCUT2D eigenvalue weighted by Gasteiger charge is 2.13. The zero-order chi connectivity index (χ0) is 16.7. The summed E-state index contributed by atoms with van der Waals surface area (Å²) < 4.78 is 1.62. The van der Waals surface area contributed by atoms with Crippen LogP contribution in [0.3, 0.4) is 0 Å². The molecule has 2 rings (SSSR count). The quantitative estimate of drug-likeness (QED) is 0.779. The second-order valence-electron chi connectivity index (χ2n) is 5.50. The lowest BCUT2D eigenvalue weighted by Crippen LogP contribution is -2.30. The van der Waals surface area contributed by atoms with Gasteiger partial charge in [-0.2, -0.15) is 5.10 Å². The lowest BCUT2D eigenvalue weighted by atomic mass is 10.0. The van der Waals surface area contributed by atoms with Gasteiger partial charge in [0.2, 0.25) is 0 Å². The third kappa shape index (κ3) is 5.08. The van der Waals surface area contributed by atoms with Crippen LogP contribution in [-0.2, 0) is 0 Å². The molecule has 124 valence electrons. The molecule has 0 saturated heterocycles. The summed E-state index contributed by atoms with van der Waals surface area (Å²) in [7, 11) is 0. The molecular formula is C17H22ClN3O2. The number of aliphatic hydroxyl groups excluding tert-OH is 1. The summed E-state index contributed by atoms with van der Waals surface area (Å²) in [6.45, 7) is 2.79. The van der Waals surface area contributed by atoms with Gasteiger partial charge < -0.3 is 10.4 Å². The maximum absolute atomic E-state index is 12.2. The highest BCUT2D eigenvalue weighted by atomic mass is 35.5. The number of carbonyl (C=O) groups is 1. The molecule has 1 amide bonds. The lowest BCUT2D eigenvalue weighted by molar-refractivity contribution is 0.0937. The normalized spacial score (nSPS) is 12.1. The molecule has 1 aromatic carbocycles. The van der Waals surface area contributed by atoms with Crippen molar-refractivity contribution in [3.05, 3.63) is 47.2 Å². The molecule has 0 bridgehead atoms. The SMILES string of the molecule is CCCC(CCO)CNC(=O)c1ccn(-c2cccc(Cl)c2)n1. The Morgan fingerprint density at radius 3 is 2.91 bits per heavy atom. The number of nitrogens with zero attached hydrogens (tertiary/aromatic N) is 2. The maximum atomic E-state index is 12.2. The largest absolute Gasteiger partial charge is 0.396 e. The van der Waals surface area contributed by atoms with Crippen molar-refractivity contribution in [2.45, 2.75) is 26.2 Å². The molecular weight excluding hydrogens is 314 g/mol. The third-order valence-corrected chi connectivity index (χ3v) is 3.92. The third-order valence-electron chi connectivity index (χ3n) is 3.68. The van der Waals surface area contributed by atoms with E-state index in [0.29, 0.717) is 29.6 Å². The highest BCUT2D eigenvalue weighted by molar-refractivity contribution is 6.30. The molecule has 5 nitrogen and oxygen atoms in total. The standard InChI is InChI=1S/C17H22ClN3O2/c1-2-4-13(8-10-22)12-19-17(23)16-7-9-21(20-16)15-6-3-5-14(18)11-15/h3,5-7,9,11,13,22H,2,4,8,10,12H2,1H3,(H,19,23). The van der Waals surface area contributed by atoms with Gasteiger partial charge in [-0.15, -0.1) is 0 Å². The van der Waals surface area contributed by atoms with Crippen molar-refractivity contribution in [1.82, 2.24) is 15.1 Å². The van der Waals surface area contributed by atoms with Crippen LogP contribution < -0.4 is 5.32 Å². The van der Waals surface area contributed by atoms with Gasteiger partial charge in [0.05, 0.1) is 5.69 Å². The lowest BCUT2D eigenvalue weighted by Gasteiger charge is -2.15. The van der Waals surface area contributed by atoms with E-state index in [9.17, 15) is 4.79 Å². The molecule has 6 heteroatoms. The molecule has 1 aromatic heterocycles. The molecule has 0 spiro atoms. The van der Waals surface area contributed by atoms with Crippen LogP contribution in [0.15, 0.2) is 36.5 Å². The number of hydrogen-bond acceptors (Lipinski definition) is 3. The Balaban J connectivity index is 1.98. The van der Waals surface area contributed by atoms with Gasteiger partial charge in [-0.1, -0.05) is 31.0 Å². The minimum atomic E-state index is -0.204. The first-order valence-electron chi connectivity index (χ1n) is 7.84. The summed E-state index contributed by atoms with van der Waals surface area (Å²) in [5, 5.41) is 16.9. The first-order valence-corrected chi connectivity index (χ1v) is 8.22. The van der Waals surface area contributed by atoms with Crippen molar-refractivity contribution in [3.8, 4) is 5.69 Å². The summed E-state index contributed by atoms with van der Waals surface area (Å²) in [6.07, 6.45) is 4.45. The Bertz CT molecular complexity index is 636. The first kappa shape index (κ1) is 17.5. The molecule has 2 N–H and O–H groups in total. The average Bonchev–Trinajstić information content (AvgIpc) is 3.03. The fourth-order valence-corrected chi connectivity index (χ4v) is 2.66. The van der Waals surface area contributed by atoms with E-state index in [1.54, 1.807) is 29.1 Å². The van der Waals surface area contributed by atoms with E-state index < -0.39 is 0 Å². The number of aliphatic hydroxyl groups is 1. The summed E-state index contributed by atoms with van der Waals surface area (Å²) in [4.78, 5) is 12.2. The fourth-order valence-electron chi connectivity index (χ4n) is 2.47. The molecule has 1 unspecified atom stereocenters. The van der Waals surface area contributed by atoms with Crippen LogP contribution in [0.4, 0.5) is 0 Å². The number of amides is 1. The number of benzene rings is 1. The van der Waals surface area contributed by atoms with E-state index in [2.05, 4.69) is 17.3 Å². The van der Waals surface area contributed by atoms with Gasteiger partial charge in [0.25, 0.3) is 5.91 Å². The first-order chi connectivity index (χ1) is 11.1. The Kier molecular flexibility index (Phi) is 6.62. The van der Waals surface area contributed by atoms with Crippen molar-refractivity contribution >= 4 is 17.5 Å². The zero-order valence-electron chi connectivity index (χ0n) is 13.2. The smallest absolute Gasteiger partial charge is 0.271 e. The average molecular weight is 336 g/mol. The number of hydrogen-bond donors (Lipinski definition) is 2. The highest BCUT2D eigenvalue weighted by Crippen LogP contribution is 2.14. The molecule has 2 aromatic rings. The Hall–Kier alpha value is -1.85. The van der Waals surface area contributed by atoms with Crippen molar-refractivity contribution in [2.24, 2.45) is 5.92 Å². The van der Waals surface area contributed by atoms with Gasteiger partial charge in [-0.25, -0.2) is 4.68 Å². The van der Waals surface area contributed by atoms with Gasteiger partial charge in [0, 0.05) is 24.4 Å². The Morgan fingerprint density at radius 1 is 1.39 bits per heavy atom. The fraction of sp³-hybridized carbons (Fsp3) is 0.412. The van der Waals surface area contributed by atoms with Gasteiger partial charge >= 0.3 is 0 Å². The van der Waals surface area contributed by atoms with E-state index in [-0.39, 0.29) is 12.5 Å². The van der Waals surface area contributed by atoms with Crippen LogP contribution in [0.25, 0.3) is 5.69 Å². The van der Waals surface area contributed by atoms with E-state index in [1.807, 2.05) is 12.1 Å². The summed E-state index contributed by atoms with van der Waals surface area (Å²) in [6, 6.07) is 8.96. The monoisotopic (exact) mass is 335 g/mol. The van der Waals surface area contributed by atoms with Gasteiger partial charge in [0.1, 0.15) is 0 Å². The van der Waals surface area contributed by atoms with Crippen LogP contribution in [0, 0.1) is 5.92 Å². The molecule has 0 aliphatic heterocycles. The zero-order valence-corrected chi connectivity index (χ0v) is 14.0. The van der Waals surface area contributed by atoms with Crippen molar-refractivity contribution < 1.29 is 9.90 Å². The number of aromatic nitrogens is 2. The predicted molar refractivity (Wildman–Crippen MR) is 91.0 cm³/mol. The van der Waals surface area contributed by atoms with E-state index in [1.165, 1.54) is 0 Å². The van der Waals surface area contributed by atoms with Gasteiger partial charge in [-0.05, 0) is 43.0 Å². The van der Waals surface area contributed by atoms with Crippen LogP contribution in [0.2, 0.25) is 5.02 Å². The molecule has 0 saturated carbocycles. The number of carbonyl (C=O) groups excluding carboxylic acids is 1.